The molecule has 102 valence electrons. The molecule has 0 radical (unpaired) electrons. The van der Waals surface area contributed by atoms with Gasteiger partial charge in [-0.1, -0.05) is 24.2 Å². The zero-order valence-electron chi connectivity index (χ0n) is 12.4. The standard InChI is InChI=1S/C15H22BNO2/c1-14(2)15(3,4)19-16(18-14)10-9-12-7-6-8-13(11-12)17-5/h6-11,17H,1-5H3/b10-9+. The molecule has 0 aliphatic carbocycles. The molecule has 1 fully saturated rings. The van der Waals surface area contributed by atoms with Gasteiger partial charge in [0.15, 0.2) is 0 Å². The molecule has 0 spiro atoms. The van der Waals surface area contributed by atoms with Crippen LogP contribution in [0.4, 0.5) is 5.69 Å². The van der Waals surface area contributed by atoms with Crippen LogP contribution in [0.3, 0.4) is 0 Å². The molecule has 0 aromatic heterocycles. The maximum atomic E-state index is 5.92. The number of anilines is 1. The predicted octanol–water partition coefficient (Wildman–Crippen LogP) is 3.37. The van der Waals surface area contributed by atoms with Gasteiger partial charge in [0.25, 0.3) is 0 Å². The van der Waals surface area contributed by atoms with Gasteiger partial charge in [0.05, 0.1) is 11.2 Å². The molecule has 0 bridgehead atoms. The molecule has 0 amide bonds. The summed E-state index contributed by atoms with van der Waals surface area (Å²) < 4.78 is 11.8. The van der Waals surface area contributed by atoms with E-state index in [1.54, 1.807) is 0 Å². The van der Waals surface area contributed by atoms with E-state index in [4.69, 9.17) is 9.31 Å². The molecular weight excluding hydrogens is 237 g/mol. The number of rotatable bonds is 3. The minimum atomic E-state index is -0.289. The van der Waals surface area contributed by atoms with Gasteiger partial charge < -0.3 is 14.6 Å². The van der Waals surface area contributed by atoms with Crippen LogP contribution in [0.1, 0.15) is 33.3 Å². The summed E-state index contributed by atoms with van der Waals surface area (Å²) in [5, 5.41) is 3.13. The zero-order valence-corrected chi connectivity index (χ0v) is 12.4. The van der Waals surface area contributed by atoms with E-state index >= 15 is 0 Å². The van der Waals surface area contributed by atoms with Crippen molar-refractivity contribution in [2.75, 3.05) is 12.4 Å². The lowest BCUT2D eigenvalue weighted by atomic mass is 9.89. The maximum Gasteiger partial charge on any atom is 0.487 e. The quantitative estimate of drug-likeness (QED) is 0.844. The third-order valence-electron chi connectivity index (χ3n) is 3.89. The van der Waals surface area contributed by atoms with Gasteiger partial charge in [-0.25, -0.2) is 0 Å². The summed E-state index contributed by atoms with van der Waals surface area (Å²) in [5.74, 6) is 1.96. The molecule has 19 heavy (non-hydrogen) atoms. The van der Waals surface area contributed by atoms with Gasteiger partial charge >= 0.3 is 7.12 Å². The molecule has 1 aliphatic rings. The van der Waals surface area contributed by atoms with E-state index in [1.165, 1.54) is 0 Å². The van der Waals surface area contributed by atoms with Crippen LogP contribution in [-0.4, -0.2) is 25.4 Å². The maximum absolute atomic E-state index is 5.92. The third kappa shape index (κ3) is 3.02. The van der Waals surface area contributed by atoms with Crippen LogP contribution < -0.4 is 5.32 Å². The van der Waals surface area contributed by atoms with Gasteiger partial charge in [0.2, 0.25) is 0 Å². The lowest BCUT2D eigenvalue weighted by molar-refractivity contribution is 0.00578. The van der Waals surface area contributed by atoms with Gasteiger partial charge in [-0.3, -0.25) is 0 Å². The summed E-state index contributed by atoms with van der Waals surface area (Å²) in [6.45, 7) is 8.23. The number of benzene rings is 1. The number of nitrogens with one attached hydrogen (secondary N) is 1. The second kappa shape index (κ2) is 5.02. The van der Waals surface area contributed by atoms with Crippen molar-refractivity contribution in [3.63, 3.8) is 0 Å². The van der Waals surface area contributed by atoms with Gasteiger partial charge in [0.1, 0.15) is 0 Å². The molecule has 0 unspecified atom stereocenters. The molecule has 1 aromatic carbocycles. The fourth-order valence-corrected chi connectivity index (χ4v) is 1.95. The molecule has 2 rings (SSSR count). The summed E-state index contributed by atoms with van der Waals surface area (Å²) in [4.78, 5) is 0. The molecule has 4 heteroatoms. The van der Waals surface area contributed by atoms with Gasteiger partial charge in [-0.15, -0.1) is 0 Å². The van der Waals surface area contributed by atoms with Gasteiger partial charge in [0, 0.05) is 12.7 Å². The summed E-state index contributed by atoms with van der Waals surface area (Å²) in [6, 6.07) is 8.20. The molecule has 3 nitrogen and oxygen atoms in total. The lowest BCUT2D eigenvalue weighted by Gasteiger charge is -2.32. The minimum Gasteiger partial charge on any atom is -0.400 e. The van der Waals surface area contributed by atoms with E-state index in [0.717, 1.165) is 11.3 Å². The van der Waals surface area contributed by atoms with Crippen LogP contribution in [0.5, 0.6) is 0 Å². The monoisotopic (exact) mass is 259 g/mol. The van der Waals surface area contributed by atoms with Crippen molar-refractivity contribution in [1.82, 2.24) is 0 Å². The van der Waals surface area contributed by atoms with E-state index in [-0.39, 0.29) is 18.3 Å². The SMILES string of the molecule is CNc1cccc(/C=C/B2OC(C)(C)C(C)(C)O2)c1. The summed E-state index contributed by atoms with van der Waals surface area (Å²) in [7, 11) is 1.63. The van der Waals surface area contributed by atoms with Crippen LogP contribution >= 0.6 is 0 Å². The van der Waals surface area contributed by atoms with Crippen molar-refractivity contribution in [3.8, 4) is 0 Å². The number of hydrogen-bond acceptors (Lipinski definition) is 3. The van der Waals surface area contributed by atoms with Gasteiger partial charge in [-0.2, -0.15) is 0 Å². The van der Waals surface area contributed by atoms with E-state index in [2.05, 4.69) is 45.1 Å². The number of hydrogen-bond donors (Lipinski definition) is 1. The van der Waals surface area contributed by atoms with Crippen LogP contribution in [0.2, 0.25) is 0 Å². The first-order valence-electron chi connectivity index (χ1n) is 6.66. The van der Waals surface area contributed by atoms with Crippen molar-refractivity contribution < 1.29 is 9.31 Å². The Morgan fingerprint density at radius 1 is 1.11 bits per heavy atom. The van der Waals surface area contributed by atoms with E-state index in [1.807, 2.05) is 31.2 Å². The molecule has 1 aliphatic heterocycles. The van der Waals surface area contributed by atoms with Crippen molar-refractivity contribution in [1.29, 1.82) is 0 Å². The Kier molecular flexibility index (Phi) is 3.74. The molecule has 0 saturated carbocycles. The first kappa shape index (κ1) is 14.2. The fraction of sp³-hybridized carbons (Fsp3) is 0.467. The largest absolute Gasteiger partial charge is 0.487 e. The first-order chi connectivity index (χ1) is 8.84. The first-order valence-corrected chi connectivity index (χ1v) is 6.66. The van der Waals surface area contributed by atoms with Crippen molar-refractivity contribution in [2.45, 2.75) is 38.9 Å². The molecular formula is C15H22BNO2. The second-order valence-corrected chi connectivity index (χ2v) is 5.86. The Hall–Kier alpha value is -1.26. The highest BCUT2D eigenvalue weighted by molar-refractivity contribution is 6.52. The van der Waals surface area contributed by atoms with E-state index in [9.17, 15) is 0 Å². The zero-order chi connectivity index (χ0) is 14.1. The summed E-state index contributed by atoms with van der Waals surface area (Å²) >= 11 is 0. The van der Waals surface area contributed by atoms with Crippen LogP contribution in [0.25, 0.3) is 6.08 Å². The molecule has 1 N–H and O–H groups in total. The predicted molar refractivity (Wildman–Crippen MR) is 81.1 cm³/mol. The fourth-order valence-electron chi connectivity index (χ4n) is 1.95. The Morgan fingerprint density at radius 3 is 2.32 bits per heavy atom. The van der Waals surface area contributed by atoms with Crippen LogP contribution in [0, 0.1) is 0 Å². The third-order valence-corrected chi connectivity index (χ3v) is 3.89. The molecule has 1 aromatic rings. The lowest BCUT2D eigenvalue weighted by Crippen LogP contribution is -2.41. The van der Waals surface area contributed by atoms with Crippen LogP contribution in [0.15, 0.2) is 30.2 Å². The average Bonchev–Trinajstić information content (AvgIpc) is 2.56. The Morgan fingerprint density at radius 2 is 1.74 bits per heavy atom. The Bertz CT molecular complexity index is 467. The van der Waals surface area contributed by atoms with Gasteiger partial charge in [-0.05, 0) is 45.4 Å². The van der Waals surface area contributed by atoms with E-state index < -0.39 is 0 Å². The molecule has 0 atom stereocenters. The van der Waals surface area contributed by atoms with Crippen LogP contribution in [-0.2, 0) is 9.31 Å². The van der Waals surface area contributed by atoms with Crippen molar-refractivity contribution >= 4 is 18.9 Å². The average molecular weight is 259 g/mol. The molecule has 1 saturated heterocycles. The minimum absolute atomic E-state index is 0.283. The Balaban J connectivity index is 2.08. The second-order valence-electron chi connectivity index (χ2n) is 5.86. The highest BCUT2D eigenvalue weighted by Gasteiger charge is 2.49. The molecule has 1 heterocycles. The Labute approximate surface area is 116 Å². The smallest absolute Gasteiger partial charge is 0.400 e. The summed E-state index contributed by atoms with van der Waals surface area (Å²) in [5.41, 5.74) is 1.65. The van der Waals surface area contributed by atoms with E-state index in [0.29, 0.717) is 0 Å². The normalized spacial score (nSPS) is 21.0. The highest BCUT2D eigenvalue weighted by Crippen LogP contribution is 2.37. The van der Waals surface area contributed by atoms with Crippen molar-refractivity contribution in [2.24, 2.45) is 0 Å². The highest BCUT2D eigenvalue weighted by atomic mass is 16.7. The summed E-state index contributed by atoms with van der Waals surface area (Å²) in [6.07, 6.45) is 2.03. The topological polar surface area (TPSA) is 30.5 Å². The van der Waals surface area contributed by atoms with Crippen molar-refractivity contribution in [3.05, 3.63) is 35.8 Å².